The van der Waals surface area contributed by atoms with Gasteiger partial charge in [0.2, 0.25) is 0 Å². The average Bonchev–Trinajstić information content (AvgIpc) is 3.19. The molecule has 0 amide bonds. The van der Waals surface area contributed by atoms with E-state index in [0.717, 1.165) is 43.5 Å². The van der Waals surface area contributed by atoms with Crippen LogP contribution < -0.4 is 0 Å². The molecule has 0 aliphatic carbocycles. The standard InChI is InChI=1S/C25H29Cl2F2NO4/c1-15(21-11-17(28)12-24(29)20(21)5-7-25(32)33)34-14-19(31)13-30-8-2-3-18(30)9-16-4-6-22(26)23(27)10-16/h4,6,10-12,15,18-19,31H,2-3,5,7-9,13-14H2,1H3,(H,32,33)/t15-,18+,19-/m1/s1. The van der Waals surface area contributed by atoms with E-state index in [1.807, 2.05) is 12.1 Å². The predicted molar refractivity (Wildman–Crippen MR) is 127 cm³/mol. The van der Waals surface area contributed by atoms with Crippen LogP contribution in [-0.4, -0.2) is 52.9 Å². The van der Waals surface area contributed by atoms with E-state index in [4.69, 9.17) is 33.0 Å². The molecule has 186 valence electrons. The summed E-state index contributed by atoms with van der Waals surface area (Å²) in [7, 11) is 0. The van der Waals surface area contributed by atoms with Crippen molar-refractivity contribution in [3.63, 3.8) is 0 Å². The molecule has 1 aliphatic heterocycles. The van der Waals surface area contributed by atoms with Crippen molar-refractivity contribution in [1.29, 1.82) is 0 Å². The van der Waals surface area contributed by atoms with Gasteiger partial charge in [0.1, 0.15) is 11.6 Å². The molecule has 0 spiro atoms. The summed E-state index contributed by atoms with van der Waals surface area (Å²) in [5, 5.41) is 20.5. The van der Waals surface area contributed by atoms with E-state index in [-0.39, 0.29) is 36.6 Å². The number of halogens is 4. The summed E-state index contributed by atoms with van der Waals surface area (Å²) in [6, 6.07) is 7.74. The van der Waals surface area contributed by atoms with Crippen LogP contribution in [0.15, 0.2) is 30.3 Å². The van der Waals surface area contributed by atoms with E-state index in [0.29, 0.717) is 16.6 Å². The highest BCUT2D eigenvalue weighted by Gasteiger charge is 2.27. The molecule has 0 saturated carbocycles. The number of ether oxygens (including phenoxy) is 1. The number of carboxylic acids is 1. The van der Waals surface area contributed by atoms with Gasteiger partial charge in [-0.1, -0.05) is 29.3 Å². The number of hydrogen-bond donors (Lipinski definition) is 2. The molecule has 2 aromatic carbocycles. The van der Waals surface area contributed by atoms with Gasteiger partial charge in [-0.25, -0.2) is 8.78 Å². The van der Waals surface area contributed by atoms with Crippen LogP contribution >= 0.6 is 23.2 Å². The van der Waals surface area contributed by atoms with Crippen LogP contribution in [0.3, 0.4) is 0 Å². The largest absolute Gasteiger partial charge is 0.481 e. The van der Waals surface area contributed by atoms with Crippen molar-refractivity contribution in [2.24, 2.45) is 0 Å². The molecule has 1 saturated heterocycles. The third kappa shape index (κ3) is 7.36. The molecule has 5 nitrogen and oxygen atoms in total. The maximum Gasteiger partial charge on any atom is 0.303 e. The van der Waals surface area contributed by atoms with Gasteiger partial charge in [-0.2, -0.15) is 0 Å². The van der Waals surface area contributed by atoms with Gasteiger partial charge in [-0.15, -0.1) is 0 Å². The Kier molecular flexibility index (Phi) is 9.68. The van der Waals surface area contributed by atoms with Gasteiger partial charge in [0.15, 0.2) is 0 Å². The zero-order valence-electron chi connectivity index (χ0n) is 18.9. The Bertz CT molecular complexity index is 1010. The summed E-state index contributed by atoms with van der Waals surface area (Å²) in [6.07, 6.45) is 0.950. The predicted octanol–water partition coefficient (Wildman–Crippen LogP) is 5.43. The highest BCUT2D eigenvalue weighted by Crippen LogP contribution is 2.28. The van der Waals surface area contributed by atoms with Crippen LogP contribution in [0.4, 0.5) is 8.78 Å². The molecule has 3 atom stereocenters. The fourth-order valence-electron chi connectivity index (χ4n) is 4.46. The molecule has 2 aromatic rings. The molecule has 1 fully saturated rings. The minimum atomic E-state index is -1.07. The molecular weight excluding hydrogens is 487 g/mol. The summed E-state index contributed by atoms with van der Waals surface area (Å²) in [5.41, 5.74) is 1.45. The van der Waals surface area contributed by atoms with Crippen LogP contribution in [0.25, 0.3) is 0 Å². The van der Waals surface area contributed by atoms with Crippen LogP contribution in [-0.2, 0) is 22.4 Å². The van der Waals surface area contributed by atoms with Crippen molar-refractivity contribution >= 4 is 29.2 Å². The van der Waals surface area contributed by atoms with Gasteiger partial charge in [0.25, 0.3) is 0 Å². The van der Waals surface area contributed by atoms with E-state index in [2.05, 4.69) is 4.90 Å². The van der Waals surface area contributed by atoms with Crippen molar-refractivity contribution < 1.29 is 28.5 Å². The monoisotopic (exact) mass is 515 g/mol. The third-order valence-corrected chi connectivity index (χ3v) is 6.90. The SMILES string of the molecule is C[C@@H](OC[C@H](O)CN1CCC[C@H]1Cc1ccc(Cl)c(Cl)c1)c1cc(F)cc(F)c1CCC(=O)O. The third-order valence-electron chi connectivity index (χ3n) is 6.16. The lowest BCUT2D eigenvalue weighted by molar-refractivity contribution is -0.136. The first-order valence-corrected chi connectivity index (χ1v) is 12.1. The summed E-state index contributed by atoms with van der Waals surface area (Å²) >= 11 is 12.1. The first-order chi connectivity index (χ1) is 16.1. The summed E-state index contributed by atoms with van der Waals surface area (Å²) in [4.78, 5) is 13.1. The van der Waals surface area contributed by atoms with E-state index >= 15 is 0 Å². The maximum atomic E-state index is 14.3. The summed E-state index contributed by atoms with van der Waals surface area (Å²) < 4.78 is 33.9. The first kappa shape index (κ1) is 26.8. The topological polar surface area (TPSA) is 70.0 Å². The number of aliphatic hydroxyl groups excluding tert-OH is 1. The molecule has 1 aliphatic rings. The number of aliphatic hydroxyl groups is 1. The molecule has 0 bridgehead atoms. The van der Waals surface area contributed by atoms with Crippen LogP contribution in [0.1, 0.15) is 49.0 Å². The van der Waals surface area contributed by atoms with Crippen LogP contribution in [0.5, 0.6) is 0 Å². The second-order valence-electron chi connectivity index (χ2n) is 8.72. The number of carbonyl (C=O) groups is 1. The van der Waals surface area contributed by atoms with Crippen molar-refractivity contribution in [2.75, 3.05) is 19.7 Å². The molecule has 0 aromatic heterocycles. The minimum Gasteiger partial charge on any atom is -0.481 e. The lowest BCUT2D eigenvalue weighted by Gasteiger charge is -2.28. The van der Waals surface area contributed by atoms with Crippen LogP contribution in [0.2, 0.25) is 10.0 Å². The maximum absolute atomic E-state index is 14.3. The Hall–Kier alpha value is -1.77. The van der Waals surface area contributed by atoms with Gasteiger partial charge in [0, 0.05) is 25.1 Å². The highest BCUT2D eigenvalue weighted by molar-refractivity contribution is 6.42. The van der Waals surface area contributed by atoms with Gasteiger partial charge in [-0.05, 0) is 74.0 Å². The zero-order chi connectivity index (χ0) is 24.8. The van der Waals surface area contributed by atoms with Crippen molar-refractivity contribution in [3.8, 4) is 0 Å². The number of hydrogen-bond acceptors (Lipinski definition) is 4. The molecule has 0 unspecified atom stereocenters. The molecule has 0 radical (unpaired) electrons. The lowest BCUT2D eigenvalue weighted by atomic mass is 9.98. The number of likely N-dealkylation sites (tertiary alicyclic amines) is 1. The number of carboxylic acid groups (broad SMARTS) is 1. The van der Waals surface area contributed by atoms with Crippen molar-refractivity contribution in [1.82, 2.24) is 4.90 Å². The Morgan fingerprint density at radius 3 is 2.71 bits per heavy atom. The molecule has 9 heteroatoms. The fraction of sp³-hybridized carbons (Fsp3) is 0.480. The summed E-state index contributed by atoms with van der Waals surface area (Å²) in [5.74, 6) is -2.63. The second kappa shape index (κ2) is 12.3. The molecule has 2 N–H and O–H groups in total. The Labute approximate surface area is 208 Å². The van der Waals surface area contributed by atoms with E-state index in [1.165, 1.54) is 0 Å². The number of nitrogens with zero attached hydrogens (tertiary/aromatic N) is 1. The van der Waals surface area contributed by atoms with Crippen molar-refractivity contribution in [2.45, 2.75) is 57.3 Å². The summed E-state index contributed by atoms with van der Waals surface area (Å²) in [6.45, 7) is 2.87. The van der Waals surface area contributed by atoms with Crippen molar-refractivity contribution in [3.05, 3.63) is 68.7 Å². The zero-order valence-corrected chi connectivity index (χ0v) is 20.5. The number of aliphatic carboxylic acids is 1. The Morgan fingerprint density at radius 2 is 2.00 bits per heavy atom. The van der Waals surface area contributed by atoms with E-state index < -0.39 is 29.8 Å². The smallest absolute Gasteiger partial charge is 0.303 e. The van der Waals surface area contributed by atoms with Gasteiger partial charge >= 0.3 is 5.97 Å². The van der Waals surface area contributed by atoms with E-state index in [1.54, 1.807) is 13.0 Å². The fourth-order valence-corrected chi connectivity index (χ4v) is 4.78. The number of rotatable bonds is 11. The van der Waals surface area contributed by atoms with Crippen LogP contribution in [0, 0.1) is 11.6 Å². The number of β-amino-alcohol motifs (C(OH)–C–C–N with tert-alkyl or cyclic N) is 1. The minimum absolute atomic E-state index is 0.0202. The molecular formula is C25H29Cl2F2NO4. The Balaban J connectivity index is 1.57. The quantitative estimate of drug-likeness (QED) is 0.417. The normalized spacial score (nSPS) is 18.2. The van der Waals surface area contributed by atoms with Gasteiger partial charge in [0.05, 0.1) is 28.9 Å². The van der Waals surface area contributed by atoms with E-state index in [9.17, 15) is 18.7 Å². The lowest BCUT2D eigenvalue weighted by Crippen LogP contribution is -2.39. The molecule has 3 rings (SSSR count). The molecule has 34 heavy (non-hydrogen) atoms. The highest BCUT2D eigenvalue weighted by atomic mass is 35.5. The Morgan fingerprint density at radius 1 is 1.24 bits per heavy atom. The van der Waals surface area contributed by atoms with Gasteiger partial charge < -0.3 is 14.9 Å². The molecule has 1 heterocycles. The average molecular weight is 516 g/mol. The van der Waals surface area contributed by atoms with Gasteiger partial charge in [-0.3, -0.25) is 9.69 Å². The first-order valence-electron chi connectivity index (χ1n) is 11.3. The number of benzene rings is 2. The second-order valence-corrected chi connectivity index (χ2v) is 9.54.